The molecule has 0 aromatic carbocycles. The Bertz CT molecular complexity index is 154. The van der Waals surface area contributed by atoms with Gasteiger partial charge < -0.3 is 14.6 Å². The van der Waals surface area contributed by atoms with E-state index in [4.69, 9.17) is 9.47 Å². The fraction of sp³-hybridized carbons (Fsp3) is 1.00. The first kappa shape index (κ1) is 11.9. The third-order valence-corrected chi connectivity index (χ3v) is 2.46. The van der Waals surface area contributed by atoms with Crippen LogP contribution in [-0.2, 0) is 9.47 Å². The third kappa shape index (κ3) is 3.92. The molecule has 1 N–H and O–H groups in total. The van der Waals surface area contributed by atoms with Crippen LogP contribution in [0.2, 0.25) is 0 Å². The van der Waals surface area contributed by atoms with Crippen molar-refractivity contribution >= 4 is 0 Å². The summed E-state index contributed by atoms with van der Waals surface area (Å²) in [6.45, 7) is 8.27. The Morgan fingerprint density at radius 1 is 1.64 bits per heavy atom. The van der Waals surface area contributed by atoms with Crippen molar-refractivity contribution in [2.24, 2.45) is 0 Å². The van der Waals surface area contributed by atoms with Gasteiger partial charge >= 0.3 is 0 Å². The van der Waals surface area contributed by atoms with E-state index < -0.39 is 0 Å². The first-order chi connectivity index (χ1) is 6.74. The van der Waals surface area contributed by atoms with Gasteiger partial charge in [0, 0.05) is 25.7 Å². The highest BCUT2D eigenvalue weighted by Crippen LogP contribution is 2.06. The van der Waals surface area contributed by atoms with Gasteiger partial charge in [-0.3, -0.25) is 4.90 Å². The van der Waals surface area contributed by atoms with Crippen molar-refractivity contribution in [1.29, 1.82) is 0 Å². The average molecular weight is 203 g/mol. The summed E-state index contributed by atoms with van der Waals surface area (Å²) in [5.41, 5.74) is 0. The smallest absolute Gasteiger partial charge is 0.0900 e. The number of β-amino-alcohol motifs (C(OH)–C–C–N with tert-alkyl or cyclic N) is 1. The summed E-state index contributed by atoms with van der Waals surface area (Å²) in [5, 5.41) is 9.64. The number of rotatable bonds is 5. The molecular formula is C10H21NO3. The number of aliphatic hydroxyl groups excluding tert-OH is 1. The minimum Gasteiger partial charge on any atom is -0.389 e. The molecule has 0 amide bonds. The lowest BCUT2D eigenvalue weighted by Gasteiger charge is -2.34. The Morgan fingerprint density at radius 3 is 3.07 bits per heavy atom. The summed E-state index contributed by atoms with van der Waals surface area (Å²) in [6.07, 6.45) is -0.379. The standard InChI is InChI=1S/C10H21NO3/c1-3-13-8-10(12)6-11-4-5-14-7-9(11)2/h9-10,12H,3-8H2,1-2H3. The molecule has 14 heavy (non-hydrogen) atoms. The highest BCUT2D eigenvalue weighted by Gasteiger charge is 2.20. The maximum atomic E-state index is 9.64. The molecule has 84 valence electrons. The summed E-state index contributed by atoms with van der Waals surface area (Å²) in [5.74, 6) is 0. The van der Waals surface area contributed by atoms with Gasteiger partial charge in [-0.05, 0) is 13.8 Å². The van der Waals surface area contributed by atoms with Gasteiger partial charge in [0.05, 0.1) is 25.9 Å². The number of hydrogen-bond acceptors (Lipinski definition) is 4. The van der Waals surface area contributed by atoms with E-state index in [1.165, 1.54) is 0 Å². The van der Waals surface area contributed by atoms with Crippen molar-refractivity contribution in [3.63, 3.8) is 0 Å². The topological polar surface area (TPSA) is 41.9 Å². The molecule has 1 saturated heterocycles. The average Bonchev–Trinajstić information content (AvgIpc) is 2.18. The first-order valence-electron chi connectivity index (χ1n) is 5.31. The van der Waals surface area contributed by atoms with Crippen LogP contribution in [0.1, 0.15) is 13.8 Å². The van der Waals surface area contributed by atoms with Crippen LogP contribution >= 0.6 is 0 Å². The SMILES string of the molecule is CCOCC(O)CN1CCOCC1C. The molecule has 1 aliphatic rings. The van der Waals surface area contributed by atoms with Gasteiger partial charge in [-0.2, -0.15) is 0 Å². The predicted octanol–water partition coefficient (Wildman–Crippen LogP) is 0.105. The van der Waals surface area contributed by atoms with Crippen molar-refractivity contribution in [2.75, 3.05) is 39.5 Å². The summed E-state index contributed by atoms with van der Waals surface area (Å²) in [6, 6.07) is 0.403. The molecule has 0 spiro atoms. The fourth-order valence-electron chi connectivity index (χ4n) is 1.61. The number of aliphatic hydroxyl groups is 1. The van der Waals surface area contributed by atoms with Crippen LogP contribution in [0.5, 0.6) is 0 Å². The molecular weight excluding hydrogens is 182 g/mol. The molecule has 0 saturated carbocycles. The zero-order valence-corrected chi connectivity index (χ0v) is 9.11. The lowest BCUT2D eigenvalue weighted by molar-refractivity contribution is -0.0366. The monoisotopic (exact) mass is 203 g/mol. The number of morpholine rings is 1. The molecule has 0 aromatic rings. The maximum Gasteiger partial charge on any atom is 0.0900 e. The molecule has 4 nitrogen and oxygen atoms in total. The van der Waals surface area contributed by atoms with Crippen LogP contribution < -0.4 is 0 Å². The summed E-state index contributed by atoms with van der Waals surface area (Å²) < 4.78 is 10.5. The van der Waals surface area contributed by atoms with Crippen LogP contribution in [-0.4, -0.2) is 61.7 Å². The molecule has 2 unspecified atom stereocenters. The Labute approximate surface area is 85.8 Å². The van der Waals surface area contributed by atoms with Gasteiger partial charge in [-0.1, -0.05) is 0 Å². The third-order valence-electron chi connectivity index (χ3n) is 2.46. The van der Waals surface area contributed by atoms with Crippen LogP contribution in [0.25, 0.3) is 0 Å². The van der Waals surface area contributed by atoms with Crippen molar-refractivity contribution in [2.45, 2.75) is 26.0 Å². The Kier molecular flexibility index (Phi) is 5.40. The minimum atomic E-state index is -0.379. The fourth-order valence-corrected chi connectivity index (χ4v) is 1.61. The molecule has 1 heterocycles. The highest BCUT2D eigenvalue weighted by atomic mass is 16.5. The second-order valence-electron chi connectivity index (χ2n) is 3.73. The van der Waals surface area contributed by atoms with E-state index in [9.17, 15) is 5.11 Å². The van der Waals surface area contributed by atoms with Crippen molar-refractivity contribution in [3.8, 4) is 0 Å². The van der Waals surface area contributed by atoms with Gasteiger partial charge in [0.2, 0.25) is 0 Å². The van der Waals surface area contributed by atoms with Gasteiger partial charge in [0.15, 0.2) is 0 Å². The maximum absolute atomic E-state index is 9.64. The highest BCUT2D eigenvalue weighted by molar-refractivity contribution is 4.73. The zero-order chi connectivity index (χ0) is 10.4. The van der Waals surface area contributed by atoms with Gasteiger partial charge in [-0.15, -0.1) is 0 Å². The van der Waals surface area contributed by atoms with Crippen LogP contribution in [0.15, 0.2) is 0 Å². The second-order valence-corrected chi connectivity index (χ2v) is 3.73. The van der Waals surface area contributed by atoms with Crippen molar-refractivity contribution < 1.29 is 14.6 Å². The van der Waals surface area contributed by atoms with Gasteiger partial charge in [0.1, 0.15) is 0 Å². The van der Waals surface area contributed by atoms with Crippen molar-refractivity contribution in [1.82, 2.24) is 4.90 Å². The summed E-state index contributed by atoms with van der Waals surface area (Å²) in [4.78, 5) is 2.24. The molecule has 1 aliphatic heterocycles. The van der Waals surface area contributed by atoms with E-state index in [1.807, 2.05) is 6.92 Å². The predicted molar refractivity (Wildman–Crippen MR) is 54.4 cm³/mol. The van der Waals surface area contributed by atoms with E-state index >= 15 is 0 Å². The summed E-state index contributed by atoms with van der Waals surface area (Å²) >= 11 is 0. The molecule has 1 fully saturated rings. The normalized spacial score (nSPS) is 26.4. The quantitative estimate of drug-likeness (QED) is 0.688. The van der Waals surface area contributed by atoms with Gasteiger partial charge in [0.25, 0.3) is 0 Å². The minimum absolute atomic E-state index is 0.379. The zero-order valence-electron chi connectivity index (χ0n) is 9.11. The van der Waals surface area contributed by atoms with Crippen LogP contribution in [0.3, 0.4) is 0 Å². The number of nitrogens with zero attached hydrogens (tertiary/aromatic N) is 1. The second kappa shape index (κ2) is 6.35. The first-order valence-corrected chi connectivity index (χ1v) is 5.31. The molecule has 1 rings (SSSR count). The van der Waals surface area contributed by atoms with E-state index in [1.54, 1.807) is 0 Å². The van der Waals surface area contributed by atoms with Crippen molar-refractivity contribution in [3.05, 3.63) is 0 Å². The van der Waals surface area contributed by atoms with Gasteiger partial charge in [-0.25, -0.2) is 0 Å². The number of ether oxygens (including phenoxy) is 2. The van der Waals surface area contributed by atoms with E-state index in [0.717, 1.165) is 19.8 Å². The molecule has 4 heteroatoms. The molecule has 0 bridgehead atoms. The van der Waals surface area contributed by atoms with Crippen LogP contribution in [0, 0.1) is 0 Å². The lowest BCUT2D eigenvalue weighted by atomic mass is 10.2. The number of hydrogen-bond donors (Lipinski definition) is 1. The Hall–Kier alpha value is -0.160. The Balaban J connectivity index is 2.20. The summed E-state index contributed by atoms with van der Waals surface area (Å²) in [7, 11) is 0. The van der Waals surface area contributed by atoms with Crippen LogP contribution in [0.4, 0.5) is 0 Å². The van der Waals surface area contributed by atoms with E-state index in [0.29, 0.717) is 25.8 Å². The molecule has 0 aromatic heterocycles. The molecule has 2 atom stereocenters. The molecule has 0 aliphatic carbocycles. The molecule has 0 radical (unpaired) electrons. The van der Waals surface area contributed by atoms with E-state index in [2.05, 4.69) is 11.8 Å². The lowest BCUT2D eigenvalue weighted by Crippen LogP contribution is -2.47. The Morgan fingerprint density at radius 2 is 2.43 bits per heavy atom. The largest absolute Gasteiger partial charge is 0.389 e. The van der Waals surface area contributed by atoms with E-state index in [-0.39, 0.29) is 6.10 Å².